The largest absolute Gasteiger partial charge is 0.398 e. The van der Waals surface area contributed by atoms with E-state index in [1.807, 2.05) is 31.2 Å². The summed E-state index contributed by atoms with van der Waals surface area (Å²) < 4.78 is 0. The first-order chi connectivity index (χ1) is 10.5. The molecule has 0 radical (unpaired) electrons. The van der Waals surface area contributed by atoms with Gasteiger partial charge in [-0.15, -0.1) is 0 Å². The molecule has 0 aliphatic carbocycles. The number of hydrogen-bond donors (Lipinski definition) is 4. The average Bonchev–Trinajstić information content (AvgIpc) is 2.51. The fourth-order valence-electron chi connectivity index (χ4n) is 2.20. The molecule has 0 aromatic heterocycles. The molecular weight excluding hydrogens is 276 g/mol. The first-order valence-electron chi connectivity index (χ1n) is 7.00. The number of anilines is 2. The molecule has 22 heavy (non-hydrogen) atoms. The van der Waals surface area contributed by atoms with Crippen molar-refractivity contribution in [1.29, 1.82) is 5.41 Å². The second-order valence-corrected chi connectivity index (χ2v) is 5.11. The maximum absolute atomic E-state index is 12.5. The van der Waals surface area contributed by atoms with Gasteiger partial charge in [0.15, 0.2) is 0 Å². The van der Waals surface area contributed by atoms with E-state index < -0.39 is 6.04 Å². The average molecular weight is 296 g/mol. The van der Waals surface area contributed by atoms with Gasteiger partial charge in [-0.3, -0.25) is 4.79 Å². The number of amides is 1. The lowest BCUT2D eigenvalue weighted by atomic mass is 10.0. The molecule has 1 amide bonds. The van der Waals surface area contributed by atoms with Crippen molar-refractivity contribution in [1.82, 2.24) is 5.32 Å². The number of hydrogen-bond acceptors (Lipinski definition) is 4. The summed E-state index contributed by atoms with van der Waals surface area (Å²) in [7, 11) is 1.75. The summed E-state index contributed by atoms with van der Waals surface area (Å²) in [6.45, 7) is 2.01. The van der Waals surface area contributed by atoms with Crippen molar-refractivity contribution in [2.24, 2.45) is 0 Å². The van der Waals surface area contributed by atoms with Gasteiger partial charge >= 0.3 is 0 Å². The van der Waals surface area contributed by atoms with Crippen molar-refractivity contribution in [3.05, 3.63) is 59.2 Å². The van der Waals surface area contributed by atoms with Crippen LogP contribution in [-0.4, -0.2) is 19.2 Å². The number of nitrogen functional groups attached to an aromatic ring is 1. The van der Waals surface area contributed by atoms with Gasteiger partial charge in [-0.2, -0.15) is 0 Å². The normalized spacial score (nSPS) is 11.7. The van der Waals surface area contributed by atoms with E-state index in [0.29, 0.717) is 16.9 Å². The van der Waals surface area contributed by atoms with Crippen molar-refractivity contribution < 1.29 is 4.79 Å². The van der Waals surface area contributed by atoms with Crippen LogP contribution in [0, 0.1) is 12.3 Å². The summed E-state index contributed by atoms with van der Waals surface area (Å²) in [5.41, 5.74) is 9.49. The minimum atomic E-state index is -0.443. The third-order valence-electron chi connectivity index (χ3n) is 3.47. The molecule has 2 aromatic rings. The number of rotatable bonds is 5. The first-order valence-corrected chi connectivity index (χ1v) is 7.00. The summed E-state index contributed by atoms with van der Waals surface area (Å²) >= 11 is 0. The Morgan fingerprint density at radius 3 is 2.50 bits per heavy atom. The van der Waals surface area contributed by atoms with Crippen molar-refractivity contribution in [3.63, 3.8) is 0 Å². The van der Waals surface area contributed by atoms with Gasteiger partial charge in [0.05, 0.1) is 0 Å². The number of carbonyl (C=O) groups excluding carboxylic acids is 1. The zero-order valence-electron chi connectivity index (χ0n) is 12.7. The third kappa shape index (κ3) is 3.51. The van der Waals surface area contributed by atoms with Crippen LogP contribution in [0.25, 0.3) is 0 Å². The van der Waals surface area contributed by atoms with Crippen molar-refractivity contribution in [3.8, 4) is 0 Å². The van der Waals surface area contributed by atoms with Gasteiger partial charge in [0.2, 0.25) is 5.91 Å². The van der Waals surface area contributed by atoms with Crippen LogP contribution in [0.1, 0.15) is 22.7 Å². The van der Waals surface area contributed by atoms with E-state index in [0.717, 1.165) is 11.1 Å². The van der Waals surface area contributed by atoms with Crippen LogP contribution in [0.15, 0.2) is 42.5 Å². The fourth-order valence-corrected chi connectivity index (χ4v) is 2.20. The number of aryl methyl sites for hydroxylation is 1. The van der Waals surface area contributed by atoms with Crippen LogP contribution in [0.2, 0.25) is 0 Å². The highest BCUT2D eigenvalue weighted by molar-refractivity contribution is 5.97. The van der Waals surface area contributed by atoms with Gasteiger partial charge in [-0.1, -0.05) is 29.8 Å². The molecule has 1 atom stereocenters. The van der Waals surface area contributed by atoms with E-state index >= 15 is 0 Å². The van der Waals surface area contributed by atoms with Crippen LogP contribution in [0.4, 0.5) is 11.4 Å². The molecule has 0 aliphatic heterocycles. The summed E-state index contributed by atoms with van der Waals surface area (Å²) in [6, 6.07) is 12.5. The van der Waals surface area contributed by atoms with E-state index in [4.69, 9.17) is 11.1 Å². The van der Waals surface area contributed by atoms with Crippen LogP contribution < -0.4 is 16.4 Å². The molecular formula is C17H20N4O. The zero-order chi connectivity index (χ0) is 16.1. The Morgan fingerprint density at radius 1 is 1.23 bits per heavy atom. The lowest BCUT2D eigenvalue weighted by Gasteiger charge is -2.17. The molecule has 5 N–H and O–H groups in total. The highest BCUT2D eigenvalue weighted by Crippen LogP contribution is 2.19. The molecule has 0 fully saturated rings. The second-order valence-electron chi connectivity index (χ2n) is 5.11. The lowest BCUT2D eigenvalue weighted by Crippen LogP contribution is -2.30. The highest BCUT2D eigenvalue weighted by Gasteiger charge is 2.18. The Labute approximate surface area is 130 Å². The van der Waals surface area contributed by atoms with E-state index in [9.17, 15) is 4.79 Å². The van der Waals surface area contributed by atoms with Crippen molar-refractivity contribution >= 4 is 23.5 Å². The Kier molecular flexibility index (Phi) is 4.91. The Balaban J connectivity index is 2.19. The molecule has 1 unspecified atom stereocenters. The van der Waals surface area contributed by atoms with E-state index in [1.54, 1.807) is 25.2 Å². The van der Waals surface area contributed by atoms with Gasteiger partial charge in [0, 0.05) is 23.2 Å². The second kappa shape index (κ2) is 6.87. The number of nitrogens with one attached hydrogen (secondary N) is 3. The molecule has 0 saturated carbocycles. The standard InChI is InChI=1S/C17H20N4O/c1-11-3-5-12(6-4-11)16(20-2)17(22)21-14-7-8-15(19)13(9-14)10-18/h3-10,16,18,20H,19H2,1-2H3,(H,21,22). The van der Waals surface area contributed by atoms with E-state index in [-0.39, 0.29) is 5.91 Å². The number of likely N-dealkylation sites (N-methyl/N-ethyl adjacent to an activating group) is 1. The predicted octanol–water partition coefficient (Wildman–Crippen LogP) is 2.47. The number of carbonyl (C=O) groups is 1. The third-order valence-corrected chi connectivity index (χ3v) is 3.47. The van der Waals surface area contributed by atoms with Gasteiger partial charge in [-0.25, -0.2) is 0 Å². The van der Waals surface area contributed by atoms with Crippen LogP contribution >= 0.6 is 0 Å². The maximum Gasteiger partial charge on any atom is 0.246 e. The molecule has 114 valence electrons. The summed E-state index contributed by atoms with van der Waals surface area (Å²) in [6.07, 6.45) is 1.17. The molecule has 0 bridgehead atoms. The molecule has 0 heterocycles. The zero-order valence-corrected chi connectivity index (χ0v) is 12.7. The molecule has 2 aromatic carbocycles. The van der Waals surface area contributed by atoms with Crippen LogP contribution in [-0.2, 0) is 4.79 Å². The van der Waals surface area contributed by atoms with E-state index in [2.05, 4.69) is 10.6 Å². The maximum atomic E-state index is 12.5. The monoisotopic (exact) mass is 296 g/mol. The predicted molar refractivity (Wildman–Crippen MR) is 90.3 cm³/mol. The lowest BCUT2D eigenvalue weighted by molar-refractivity contribution is -0.118. The van der Waals surface area contributed by atoms with Crippen LogP contribution in [0.5, 0.6) is 0 Å². The van der Waals surface area contributed by atoms with Crippen molar-refractivity contribution in [2.75, 3.05) is 18.1 Å². The molecule has 2 rings (SSSR count). The SMILES string of the molecule is CNC(C(=O)Nc1ccc(N)c(C=N)c1)c1ccc(C)cc1. The van der Waals surface area contributed by atoms with Gasteiger partial charge in [-0.05, 0) is 37.7 Å². The van der Waals surface area contributed by atoms with Crippen molar-refractivity contribution in [2.45, 2.75) is 13.0 Å². The summed E-state index contributed by atoms with van der Waals surface area (Å²) in [5.74, 6) is -0.160. The Hall–Kier alpha value is -2.66. The minimum Gasteiger partial charge on any atom is -0.398 e. The number of benzene rings is 2. The smallest absolute Gasteiger partial charge is 0.246 e. The Morgan fingerprint density at radius 2 is 1.91 bits per heavy atom. The highest BCUT2D eigenvalue weighted by atomic mass is 16.2. The first kappa shape index (κ1) is 15.7. The molecule has 5 nitrogen and oxygen atoms in total. The topological polar surface area (TPSA) is 91.0 Å². The minimum absolute atomic E-state index is 0.160. The quantitative estimate of drug-likeness (QED) is 0.504. The number of nitrogens with two attached hydrogens (primary N) is 1. The van der Waals surface area contributed by atoms with E-state index in [1.165, 1.54) is 6.21 Å². The summed E-state index contributed by atoms with van der Waals surface area (Å²) in [5, 5.41) is 13.2. The summed E-state index contributed by atoms with van der Waals surface area (Å²) in [4.78, 5) is 12.5. The molecule has 0 saturated heterocycles. The van der Waals surface area contributed by atoms with Gasteiger partial charge in [0.1, 0.15) is 6.04 Å². The van der Waals surface area contributed by atoms with Gasteiger partial charge < -0.3 is 21.8 Å². The Bertz CT molecular complexity index is 680. The molecule has 5 heteroatoms. The fraction of sp³-hybridized carbons (Fsp3) is 0.176. The molecule has 0 spiro atoms. The van der Waals surface area contributed by atoms with Gasteiger partial charge in [0.25, 0.3) is 0 Å². The molecule has 0 aliphatic rings. The van der Waals surface area contributed by atoms with Crippen LogP contribution in [0.3, 0.4) is 0 Å².